The zero-order valence-corrected chi connectivity index (χ0v) is 20.6. The summed E-state index contributed by atoms with van der Waals surface area (Å²) in [5, 5.41) is 9.14. The summed E-state index contributed by atoms with van der Waals surface area (Å²) in [6.45, 7) is 3.27. The number of methoxy groups -OCH3 is 1. The Morgan fingerprint density at radius 3 is 2.61 bits per heavy atom. The van der Waals surface area contributed by atoms with Crippen LogP contribution in [0, 0.1) is 24.5 Å². The van der Waals surface area contributed by atoms with Crippen molar-refractivity contribution in [1.29, 1.82) is 0 Å². The molecule has 2 unspecified atom stereocenters. The van der Waals surface area contributed by atoms with Crippen molar-refractivity contribution in [2.24, 2.45) is 5.92 Å². The first kappa shape index (κ1) is 25.5. The van der Waals surface area contributed by atoms with Crippen LogP contribution in [0.4, 0.5) is 8.78 Å². The Morgan fingerprint density at radius 1 is 1.22 bits per heavy atom. The molecule has 3 heterocycles. The number of carboxylic acids is 1. The van der Waals surface area contributed by atoms with Crippen molar-refractivity contribution in [2.75, 3.05) is 7.11 Å². The lowest BCUT2D eigenvalue weighted by Gasteiger charge is -2.27. The topological polar surface area (TPSA) is 94.4 Å². The fourth-order valence-corrected chi connectivity index (χ4v) is 3.88. The molecule has 1 saturated carbocycles. The Balaban J connectivity index is 0.000000943. The van der Waals surface area contributed by atoms with E-state index in [9.17, 15) is 9.18 Å². The van der Waals surface area contributed by atoms with Crippen LogP contribution in [0.1, 0.15) is 61.2 Å². The van der Waals surface area contributed by atoms with Gasteiger partial charge in [-0.15, -0.1) is 0 Å². The SMILES string of the molecule is C1CC1.COc1cc(-c2cnc(C3CCc4ccc(CC(C)C(=O)O)c(F)c4O3)c(C)n2)c(F)cn1. The Kier molecular flexibility index (Phi) is 7.76. The molecule has 2 aliphatic rings. The summed E-state index contributed by atoms with van der Waals surface area (Å²) in [5.41, 5.74) is 2.62. The lowest BCUT2D eigenvalue weighted by atomic mass is 9.94. The van der Waals surface area contributed by atoms with Gasteiger partial charge in [0.2, 0.25) is 5.88 Å². The van der Waals surface area contributed by atoms with E-state index in [4.69, 9.17) is 14.6 Å². The molecule has 2 atom stereocenters. The van der Waals surface area contributed by atoms with E-state index in [1.54, 1.807) is 19.1 Å². The number of hydrogen-bond acceptors (Lipinski definition) is 6. The van der Waals surface area contributed by atoms with Crippen LogP contribution < -0.4 is 9.47 Å². The normalized spacial score (nSPS) is 16.6. The van der Waals surface area contributed by atoms with Gasteiger partial charge in [0, 0.05) is 11.6 Å². The van der Waals surface area contributed by atoms with Crippen molar-refractivity contribution >= 4 is 5.97 Å². The fourth-order valence-electron chi connectivity index (χ4n) is 3.88. The molecule has 7 nitrogen and oxygen atoms in total. The van der Waals surface area contributed by atoms with Gasteiger partial charge >= 0.3 is 5.97 Å². The molecule has 190 valence electrons. The maximum absolute atomic E-state index is 15.2. The standard InChI is InChI=1S/C24H23F2N3O4.C3H6/c1-12(24(30)31)8-15-5-4-14-6-7-19(33-23(14)21(15)26)22-13(2)29-18(11-28-22)16-9-20(32-3)27-10-17(16)25;1-2-3-1/h4-5,9-12,19H,6-8H2,1-3H3,(H,30,31);1-3H2. The summed E-state index contributed by atoms with van der Waals surface area (Å²) in [6.07, 6.45) is 7.69. The third-order valence-electron chi connectivity index (χ3n) is 6.10. The first-order chi connectivity index (χ1) is 17.3. The Labute approximate surface area is 208 Å². The molecule has 1 aromatic carbocycles. The molecule has 1 aliphatic carbocycles. The van der Waals surface area contributed by atoms with Gasteiger partial charge in [0.05, 0.1) is 36.8 Å². The second-order valence-corrected chi connectivity index (χ2v) is 9.11. The minimum atomic E-state index is -0.986. The zero-order valence-electron chi connectivity index (χ0n) is 20.6. The molecule has 9 heteroatoms. The molecule has 3 aromatic rings. The molecule has 0 bridgehead atoms. The lowest BCUT2D eigenvalue weighted by Crippen LogP contribution is -2.20. The van der Waals surface area contributed by atoms with E-state index >= 15 is 4.39 Å². The average molecular weight is 498 g/mol. The molecule has 1 fully saturated rings. The van der Waals surface area contributed by atoms with Gasteiger partial charge in [-0.05, 0) is 37.3 Å². The number of pyridine rings is 1. The number of ether oxygens (including phenoxy) is 2. The van der Waals surface area contributed by atoms with Gasteiger partial charge in [-0.3, -0.25) is 9.78 Å². The van der Waals surface area contributed by atoms with Crippen LogP contribution in [-0.2, 0) is 17.6 Å². The summed E-state index contributed by atoms with van der Waals surface area (Å²) in [6, 6.07) is 4.84. The van der Waals surface area contributed by atoms with Gasteiger partial charge in [-0.1, -0.05) is 38.3 Å². The summed E-state index contributed by atoms with van der Waals surface area (Å²) in [5.74, 6) is -2.42. The van der Waals surface area contributed by atoms with Crippen molar-refractivity contribution in [3.63, 3.8) is 0 Å². The lowest BCUT2D eigenvalue weighted by molar-refractivity contribution is -0.141. The number of nitrogens with zero attached hydrogens (tertiary/aromatic N) is 3. The van der Waals surface area contributed by atoms with Crippen LogP contribution in [0.25, 0.3) is 11.3 Å². The molecule has 0 amide bonds. The predicted molar refractivity (Wildman–Crippen MR) is 129 cm³/mol. The molecule has 1 aliphatic heterocycles. The highest BCUT2D eigenvalue weighted by Crippen LogP contribution is 2.38. The zero-order chi connectivity index (χ0) is 25.8. The van der Waals surface area contributed by atoms with Gasteiger partial charge in [0.15, 0.2) is 17.4 Å². The van der Waals surface area contributed by atoms with Gasteiger partial charge in [-0.2, -0.15) is 0 Å². The number of hydrogen-bond donors (Lipinski definition) is 1. The van der Waals surface area contributed by atoms with E-state index < -0.39 is 29.6 Å². The summed E-state index contributed by atoms with van der Waals surface area (Å²) in [7, 11) is 1.44. The molecule has 0 saturated heterocycles. The number of aliphatic carboxylic acids is 1. The molecule has 5 rings (SSSR count). The average Bonchev–Trinajstić information content (AvgIpc) is 3.76. The third-order valence-corrected chi connectivity index (χ3v) is 6.10. The van der Waals surface area contributed by atoms with Gasteiger partial charge in [0.1, 0.15) is 11.8 Å². The smallest absolute Gasteiger partial charge is 0.306 e. The monoisotopic (exact) mass is 497 g/mol. The van der Waals surface area contributed by atoms with Crippen LogP contribution in [0.2, 0.25) is 0 Å². The Hall–Kier alpha value is -3.62. The number of aryl methyl sites for hydroxylation is 2. The second kappa shape index (κ2) is 11.0. The van der Waals surface area contributed by atoms with Gasteiger partial charge in [0.25, 0.3) is 0 Å². The Morgan fingerprint density at radius 2 is 1.97 bits per heavy atom. The van der Waals surface area contributed by atoms with E-state index in [-0.39, 0.29) is 23.6 Å². The quantitative estimate of drug-likeness (QED) is 0.471. The molecular weight excluding hydrogens is 468 g/mol. The van der Waals surface area contributed by atoms with E-state index in [1.165, 1.54) is 45.6 Å². The fraction of sp³-hybridized carbons (Fsp3) is 0.407. The predicted octanol–water partition coefficient (Wildman–Crippen LogP) is 5.63. The summed E-state index contributed by atoms with van der Waals surface area (Å²) in [4.78, 5) is 23.9. The van der Waals surface area contributed by atoms with Crippen molar-refractivity contribution < 1.29 is 28.2 Å². The number of carbonyl (C=O) groups is 1. The highest BCUT2D eigenvalue weighted by molar-refractivity contribution is 5.70. The maximum Gasteiger partial charge on any atom is 0.306 e. The first-order valence-electron chi connectivity index (χ1n) is 12.0. The number of aromatic nitrogens is 3. The molecular formula is C27H29F2N3O4. The number of halogens is 2. The molecule has 1 N–H and O–H groups in total. The third kappa shape index (κ3) is 5.78. The molecule has 2 aromatic heterocycles. The van der Waals surface area contributed by atoms with Gasteiger partial charge in [-0.25, -0.2) is 18.7 Å². The van der Waals surface area contributed by atoms with Crippen molar-refractivity contribution in [3.8, 4) is 22.9 Å². The van der Waals surface area contributed by atoms with Crippen LogP contribution in [-0.4, -0.2) is 33.1 Å². The van der Waals surface area contributed by atoms with E-state index in [1.807, 2.05) is 0 Å². The van der Waals surface area contributed by atoms with Crippen molar-refractivity contribution in [3.05, 3.63) is 64.7 Å². The summed E-state index contributed by atoms with van der Waals surface area (Å²) >= 11 is 0. The maximum atomic E-state index is 15.2. The van der Waals surface area contributed by atoms with E-state index in [0.717, 1.165) is 11.8 Å². The molecule has 0 radical (unpaired) electrons. The number of benzene rings is 1. The van der Waals surface area contributed by atoms with Crippen LogP contribution in [0.5, 0.6) is 11.6 Å². The van der Waals surface area contributed by atoms with E-state index in [0.29, 0.717) is 35.5 Å². The molecule has 36 heavy (non-hydrogen) atoms. The minimum absolute atomic E-state index is 0.0664. The number of rotatable bonds is 6. The summed E-state index contributed by atoms with van der Waals surface area (Å²) < 4.78 is 40.5. The minimum Gasteiger partial charge on any atom is -0.481 e. The second-order valence-electron chi connectivity index (χ2n) is 9.11. The van der Waals surface area contributed by atoms with Crippen LogP contribution in [0.3, 0.4) is 0 Å². The van der Waals surface area contributed by atoms with Crippen molar-refractivity contribution in [2.45, 2.75) is 58.5 Å². The van der Waals surface area contributed by atoms with Crippen molar-refractivity contribution in [1.82, 2.24) is 15.0 Å². The van der Waals surface area contributed by atoms with Crippen LogP contribution >= 0.6 is 0 Å². The number of carboxylic acid groups (broad SMARTS) is 1. The highest BCUT2D eigenvalue weighted by Gasteiger charge is 2.29. The Bertz CT molecular complexity index is 1260. The largest absolute Gasteiger partial charge is 0.481 e. The molecule has 0 spiro atoms. The van der Waals surface area contributed by atoms with E-state index in [2.05, 4.69) is 15.0 Å². The highest BCUT2D eigenvalue weighted by atomic mass is 19.1. The van der Waals surface area contributed by atoms with Crippen LogP contribution in [0.15, 0.2) is 30.6 Å². The number of fused-ring (bicyclic) bond motifs is 1. The van der Waals surface area contributed by atoms with Gasteiger partial charge < -0.3 is 14.6 Å². The first-order valence-corrected chi connectivity index (χ1v) is 12.0.